The Morgan fingerprint density at radius 2 is 1.87 bits per heavy atom. The molecule has 0 aromatic rings. The van der Waals surface area contributed by atoms with E-state index >= 15 is 0 Å². The topological polar surface area (TPSA) is 57.5 Å². The molecule has 4 rings (SSSR count). The lowest BCUT2D eigenvalue weighted by molar-refractivity contribution is -0.209. The first-order chi connectivity index (χ1) is 10.5. The van der Waals surface area contributed by atoms with Gasteiger partial charge in [-0.15, -0.1) is 0 Å². The van der Waals surface area contributed by atoms with Crippen molar-refractivity contribution in [1.82, 2.24) is 0 Å². The molecule has 2 bridgehead atoms. The van der Waals surface area contributed by atoms with E-state index in [1.807, 2.05) is 0 Å². The predicted molar refractivity (Wildman–Crippen MR) is 88.7 cm³/mol. The zero-order chi connectivity index (χ0) is 17.0. The quantitative estimate of drug-likeness (QED) is 0.721. The zero-order valence-electron chi connectivity index (χ0n) is 15.1. The van der Waals surface area contributed by atoms with Crippen molar-refractivity contribution in [2.75, 3.05) is 0 Å². The lowest BCUT2D eigenvalue weighted by Crippen LogP contribution is -2.62. The number of carbonyl (C=O) groups excluding carboxylic acids is 1. The van der Waals surface area contributed by atoms with Crippen LogP contribution < -0.4 is 0 Å². The molecule has 6 atom stereocenters. The van der Waals surface area contributed by atoms with Crippen LogP contribution in [0.3, 0.4) is 0 Å². The summed E-state index contributed by atoms with van der Waals surface area (Å²) in [5, 5.41) is 22.2. The second-order valence-electron chi connectivity index (χ2n) is 9.67. The van der Waals surface area contributed by atoms with E-state index in [0.717, 1.165) is 18.4 Å². The van der Waals surface area contributed by atoms with Crippen LogP contribution in [-0.4, -0.2) is 27.7 Å². The van der Waals surface area contributed by atoms with E-state index in [2.05, 4.69) is 34.6 Å². The first-order valence-electron chi connectivity index (χ1n) is 9.16. The molecule has 3 saturated carbocycles. The number of ketones is 1. The van der Waals surface area contributed by atoms with Crippen molar-refractivity contribution in [1.29, 1.82) is 0 Å². The van der Waals surface area contributed by atoms with Gasteiger partial charge in [0.25, 0.3) is 0 Å². The highest BCUT2D eigenvalue weighted by atomic mass is 16.3. The van der Waals surface area contributed by atoms with Crippen LogP contribution in [0.2, 0.25) is 0 Å². The summed E-state index contributed by atoms with van der Waals surface area (Å²) in [5.74, 6) is 0.953. The lowest BCUT2D eigenvalue weighted by atomic mass is 9.44. The third-order valence-corrected chi connectivity index (χ3v) is 8.88. The molecule has 0 heterocycles. The molecule has 4 aliphatic carbocycles. The predicted octanol–water partition coefficient (Wildman–Crippen LogP) is 3.24. The normalized spacial score (nSPS) is 54.2. The van der Waals surface area contributed by atoms with Crippen LogP contribution in [0.1, 0.15) is 66.7 Å². The maximum atomic E-state index is 12.3. The maximum absolute atomic E-state index is 12.3. The molecule has 0 unspecified atom stereocenters. The van der Waals surface area contributed by atoms with Gasteiger partial charge in [-0.25, -0.2) is 0 Å². The molecule has 128 valence electrons. The van der Waals surface area contributed by atoms with Crippen LogP contribution in [0.25, 0.3) is 0 Å². The van der Waals surface area contributed by atoms with Gasteiger partial charge in [-0.2, -0.15) is 0 Å². The van der Waals surface area contributed by atoms with Gasteiger partial charge in [-0.3, -0.25) is 4.79 Å². The van der Waals surface area contributed by atoms with Gasteiger partial charge < -0.3 is 10.2 Å². The Kier molecular flexibility index (Phi) is 2.83. The molecule has 0 saturated heterocycles. The Balaban J connectivity index is 1.95. The van der Waals surface area contributed by atoms with Crippen molar-refractivity contribution < 1.29 is 15.0 Å². The van der Waals surface area contributed by atoms with Crippen LogP contribution in [0.15, 0.2) is 11.1 Å². The Morgan fingerprint density at radius 3 is 2.48 bits per heavy atom. The number of aliphatic hydroxyl groups is 2. The largest absolute Gasteiger partial charge is 0.390 e. The summed E-state index contributed by atoms with van der Waals surface area (Å²) in [4.78, 5) is 12.3. The number of carbonyl (C=O) groups is 1. The molecule has 4 aliphatic rings. The monoisotopic (exact) mass is 318 g/mol. The lowest BCUT2D eigenvalue weighted by Gasteiger charge is -2.60. The average Bonchev–Trinajstić information content (AvgIpc) is 2.50. The minimum absolute atomic E-state index is 0.000556. The zero-order valence-corrected chi connectivity index (χ0v) is 15.1. The summed E-state index contributed by atoms with van der Waals surface area (Å²) < 4.78 is 0. The van der Waals surface area contributed by atoms with Gasteiger partial charge >= 0.3 is 0 Å². The van der Waals surface area contributed by atoms with E-state index in [0.29, 0.717) is 31.0 Å². The molecule has 3 nitrogen and oxygen atoms in total. The number of Topliss-reactive ketones (excluding diaryl/α,β-unsaturated/α-hetero) is 1. The second-order valence-corrected chi connectivity index (χ2v) is 9.67. The van der Waals surface area contributed by atoms with Crippen molar-refractivity contribution in [3.63, 3.8) is 0 Å². The van der Waals surface area contributed by atoms with Crippen molar-refractivity contribution in [2.24, 2.45) is 28.1 Å². The molecule has 0 radical (unpaired) electrons. The van der Waals surface area contributed by atoms with Crippen molar-refractivity contribution in [3.05, 3.63) is 11.1 Å². The van der Waals surface area contributed by atoms with E-state index in [-0.39, 0.29) is 22.2 Å². The van der Waals surface area contributed by atoms with Crippen LogP contribution in [-0.2, 0) is 4.79 Å². The maximum Gasteiger partial charge on any atom is 0.160 e. The Morgan fingerprint density at radius 1 is 1.22 bits per heavy atom. The number of hydrogen-bond acceptors (Lipinski definition) is 3. The minimum atomic E-state index is -1.03. The smallest absolute Gasteiger partial charge is 0.160 e. The summed E-state index contributed by atoms with van der Waals surface area (Å²) >= 11 is 0. The van der Waals surface area contributed by atoms with E-state index < -0.39 is 11.7 Å². The van der Waals surface area contributed by atoms with Crippen LogP contribution in [0.4, 0.5) is 0 Å². The summed E-state index contributed by atoms with van der Waals surface area (Å²) in [6, 6.07) is 0. The molecular weight excluding hydrogens is 288 g/mol. The average molecular weight is 318 g/mol. The van der Waals surface area contributed by atoms with Crippen molar-refractivity contribution in [2.45, 2.75) is 78.4 Å². The number of aliphatic hydroxyl groups excluding tert-OH is 1. The van der Waals surface area contributed by atoms with Gasteiger partial charge in [0.1, 0.15) is 0 Å². The van der Waals surface area contributed by atoms with Crippen molar-refractivity contribution >= 4 is 5.78 Å². The Bertz CT molecular complexity index is 633. The molecule has 2 N–H and O–H groups in total. The molecule has 3 heteroatoms. The Labute approximate surface area is 139 Å². The molecular formula is C20H30O3. The fourth-order valence-corrected chi connectivity index (χ4v) is 7.63. The number of rotatable bonds is 0. The van der Waals surface area contributed by atoms with E-state index in [9.17, 15) is 15.0 Å². The fourth-order valence-electron chi connectivity index (χ4n) is 7.63. The van der Waals surface area contributed by atoms with E-state index in [4.69, 9.17) is 0 Å². The highest BCUT2D eigenvalue weighted by molar-refractivity contribution is 6.05. The van der Waals surface area contributed by atoms with Gasteiger partial charge in [0.15, 0.2) is 5.78 Å². The summed E-state index contributed by atoms with van der Waals surface area (Å²) in [6.07, 6.45) is 3.24. The Hall–Kier alpha value is -0.670. The van der Waals surface area contributed by atoms with Gasteiger partial charge in [-0.05, 0) is 49.9 Å². The highest BCUT2D eigenvalue weighted by Crippen LogP contribution is 2.77. The van der Waals surface area contributed by atoms with Crippen molar-refractivity contribution in [3.8, 4) is 0 Å². The summed E-state index contributed by atoms with van der Waals surface area (Å²) in [6.45, 7) is 11.0. The second kappa shape index (κ2) is 4.11. The third-order valence-electron chi connectivity index (χ3n) is 8.88. The first-order valence-corrected chi connectivity index (χ1v) is 9.16. The SMILES string of the molecule is CC1=C2C(=O)C[C@@]2(C)[C@@H]2C[C@]3(O)[C@@H](O)C[C@@H](C)[C@@]2(CC1)C3(C)C. The minimum Gasteiger partial charge on any atom is -0.390 e. The number of fused-ring (bicyclic) bond motifs is 3. The van der Waals surface area contributed by atoms with Crippen LogP contribution in [0.5, 0.6) is 0 Å². The third kappa shape index (κ3) is 1.40. The summed E-state index contributed by atoms with van der Waals surface area (Å²) in [7, 11) is 0. The molecule has 0 amide bonds. The molecule has 0 aromatic heterocycles. The first kappa shape index (κ1) is 15.8. The molecule has 0 aliphatic heterocycles. The standard InChI is InChI=1S/C20H30O3/c1-11-6-7-19-12(2)8-15(22)20(23,17(19,3)4)10-14(19)18(5)9-13(21)16(11)18/h12,14-15,22-23H,6-10H2,1-5H3/t12-,14+,15+,18+,19-,20+/m1/s1. The van der Waals surface area contributed by atoms with Crippen LogP contribution >= 0.6 is 0 Å². The summed E-state index contributed by atoms with van der Waals surface area (Å²) in [5.41, 5.74) is 0.844. The molecule has 1 spiro atoms. The molecule has 23 heavy (non-hydrogen) atoms. The van der Waals surface area contributed by atoms with E-state index in [1.54, 1.807) is 0 Å². The van der Waals surface area contributed by atoms with Gasteiger partial charge in [-0.1, -0.05) is 33.3 Å². The molecule has 3 fully saturated rings. The number of hydrogen-bond donors (Lipinski definition) is 2. The van der Waals surface area contributed by atoms with Gasteiger partial charge in [0.2, 0.25) is 0 Å². The van der Waals surface area contributed by atoms with Gasteiger partial charge in [0, 0.05) is 22.8 Å². The number of allylic oxidation sites excluding steroid dienone is 2. The van der Waals surface area contributed by atoms with Crippen LogP contribution in [0, 0.1) is 28.1 Å². The fraction of sp³-hybridized carbons (Fsp3) is 0.850. The molecule has 0 aromatic carbocycles. The highest BCUT2D eigenvalue weighted by Gasteiger charge is 2.77. The van der Waals surface area contributed by atoms with E-state index in [1.165, 1.54) is 5.57 Å². The van der Waals surface area contributed by atoms with Gasteiger partial charge in [0.05, 0.1) is 11.7 Å².